The van der Waals surface area contributed by atoms with Crippen molar-refractivity contribution < 1.29 is 33.8 Å². The Balaban J connectivity index is 1.81. The van der Waals surface area contributed by atoms with Crippen molar-refractivity contribution in [2.75, 3.05) is 13.7 Å². The van der Waals surface area contributed by atoms with E-state index >= 15 is 0 Å². The monoisotopic (exact) mass is 702 g/mol. The highest BCUT2D eigenvalue weighted by molar-refractivity contribution is 5.92. The van der Waals surface area contributed by atoms with E-state index in [1.807, 2.05) is 105 Å². The van der Waals surface area contributed by atoms with Crippen LogP contribution >= 0.6 is 0 Å². The van der Waals surface area contributed by atoms with Crippen LogP contribution in [0.1, 0.15) is 64.2 Å². The fourth-order valence-electron chi connectivity index (χ4n) is 5.59. The molecule has 0 aliphatic carbocycles. The third-order valence-electron chi connectivity index (χ3n) is 8.48. The normalized spacial score (nSPS) is 14.9. The Kier molecular flexibility index (Phi) is 15.6. The van der Waals surface area contributed by atoms with Crippen LogP contribution in [-0.2, 0) is 43.1 Å². The summed E-state index contributed by atoms with van der Waals surface area (Å²) in [4.78, 5) is 53.3. The molecule has 0 bridgehead atoms. The van der Waals surface area contributed by atoms with Gasteiger partial charge in [-0.05, 0) is 49.8 Å². The molecule has 3 rings (SSSR count). The molecule has 0 radical (unpaired) electrons. The Morgan fingerprint density at radius 1 is 0.745 bits per heavy atom. The minimum Gasteiger partial charge on any atom is -0.467 e. The van der Waals surface area contributed by atoms with Crippen molar-refractivity contribution in [1.29, 1.82) is 0 Å². The van der Waals surface area contributed by atoms with Crippen LogP contribution in [0, 0.1) is 5.92 Å². The number of ether oxygens (including phenoxy) is 2. The van der Waals surface area contributed by atoms with E-state index < -0.39 is 53.3 Å². The Labute approximate surface area is 301 Å². The molecule has 51 heavy (non-hydrogen) atoms. The molecule has 276 valence electrons. The van der Waals surface area contributed by atoms with Gasteiger partial charge in [0.2, 0.25) is 11.8 Å². The molecule has 5 N–H and O–H groups in total. The van der Waals surface area contributed by atoms with Gasteiger partial charge in [0.05, 0.1) is 13.2 Å². The summed E-state index contributed by atoms with van der Waals surface area (Å²) in [6.07, 6.45) is 0.470. The Hall–Kier alpha value is -4.74. The van der Waals surface area contributed by atoms with Gasteiger partial charge in [-0.15, -0.1) is 0 Å². The number of aliphatic hydroxyl groups is 1. The zero-order valence-electron chi connectivity index (χ0n) is 30.6. The average molecular weight is 703 g/mol. The van der Waals surface area contributed by atoms with Crippen LogP contribution in [0.3, 0.4) is 0 Å². The summed E-state index contributed by atoms with van der Waals surface area (Å²) < 4.78 is 10.4. The number of hydrogen-bond acceptors (Lipinski definition) is 8. The summed E-state index contributed by atoms with van der Waals surface area (Å²) in [5, 5.41) is 23.4. The van der Waals surface area contributed by atoms with Crippen molar-refractivity contribution >= 4 is 23.9 Å². The first-order chi connectivity index (χ1) is 24.2. The van der Waals surface area contributed by atoms with Gasteiger partial charge in [-0.1, -0.05) is 111 Å². The number of amides is 3. The molecule has 0 unspecified atom stereocenters. The van der Waals surface area contributed by atoms with Crippen molar-refractivity contribution in [3.8, 4) is 0 Å². The van der Waals surface area contributed by atoms with E-state index in [9.17, 15) is 24.3 Å². The maximum absolute atomic E-state index is 14.0. The maximum atomic E-state index is 14.0. The van der Waals surface area contributed by atoms with Crippen molar-refractivity contribution in [2.24, 2.45) is 5.92 Å². The molecule has 3 amide bonds. The Bertz CT molecular complexity index is 1530. The third-order valence-corrected chi connectivity index (χ3v) is 8.48. The van der Waals surface area contributed by atoms with Gasteiger partial charge in [-0.2, -0.15) is 0 Å². The van der Waals surface area contributed by atoms with E-state index in [-0.39, 0.29) is 38.1 Å². The number of nitrogens with one attached hydrogen (secondary N) is 4. The number of alkyl carbamates (subject to hydrolysis) is 1. The largest absolute Gasteiger partial charge is 0.467 e. The smallest absolute Gasteiger partial charge is 0.409 e. The molecular formula is C40H54N4O7. The highest BCUT2D eigenvalue weighted by atomic mass is 16.6. The molecule has 3 aromatic rings. The van der Waals surface area contributed by atoms with Gasteiger partial charge >= 0.3 is 12.1 Å². The lowest BCUT2D eigenvalue weighted by Crippen LogP contribution is -2.58. The minimum absolute atomic E-state index is 0.0370. The summed E-state index contributed by atoms with van der Waals surface area (Å²) in [6.45, 7) is 9.13. The predicted molar refractivity (Wildman–Crippen MR) is 196 cm³/mol. The summed E-state index contributed by atoms with van der Waals surface area (Å²) in [5.41, 5.74) is 0.0545. The van der Waals surface area contributed by atoms with Crippen molar-refractivity contribution in [2.45, 2.75) is 96.2 Å². The lowest BCUT2D eigenvalue weighted by atomic mass is 9.96. The van der Waals surface area contributed by atoms with Gasteiger partial charge in [0.25, 0.3) is 0 Å². The number of hydrogen-bond donors (Lipinski definition) is 5. The molecule has 0 aliphatic rings. The van der Waals surface area contributed by atoms with Crippen LogP contribution in [0.25, 0.3) is 0 Å². The molecule has 3 aromatic carbocycles. The third kappa shape index (κ3) is 14.2. The van der Waals surface area contributed by atoms with Crippen molar-refractivity contribution in [1.82, 2.24) is 21.3 Å². The number of methoxy groups -OCH3 is 1. The van der Waals surface area contributed by atoms with Gasteiger partial charge in [0.1, 0.15) is 23.4 Å². The Morgan fingerprint density at radius 3 is 1.75 bits per heavy atom. The fraction of sp³-hybridized carbons (Fsp3) is 0.450. The number of rotatable bonds is 18. The van der Waals surface area contributed by atoms with Crippen molar-refractivity contribution in [3.63, 3.8) is 0 Å². The molecular weight excluding hydrogens is 648 g/mol. The lowest BCUT2D eigenvalue weighted by Gasteiger charge is -2.32. The fourth-order valence-corrected chi connectivity index (χ4v) is 5.59. The highest BCUT2D eigenvalue weighted by Crippen LogP contribution is 2.18. The zero-order chi connectivity index (χ0) is 37.4. The van der Waals surface area contributed by atoms with Gasteiger partial charge in [-0.25, -0.2) is 9.59 Å². The maximum Gasteiger partial charge on any atom is 0.409 e. The van der Waals surface area contributed by atoms with E-state index in [2.05, 4.69) is 21.3 Å². The van der Waals surface area contributed by atoms with Gasteiger partial charge in [0.15, 0.2) is 0 Å². The first-order valence-corrected chi connectivity index (χ1v) is 17.5. The summed E-state index contributed by atoms with van der Waals surface area (Å²) in [6, 6.07) is 25.3. The van der Waals surface area contributed by atoms with Crippen LogP contribution in [-0.4, -0.2) is 72.1 Å². The molecule has 5 atom stereocenters. The summed E-state index contributed by atoms with van der Waals surface area (Å²) >= 11 is 0. The molecule has 0 saturated carbocycles. The van der Waals surface area contributed by atoms with Gasteiger partial charge in [0, 0.05) is 25.8 Å². The van der Waals surface area contributed by atoms with Gasteiger partial charge < -0.3 is 30.5 Å². The molecule has 0 aliphatic heterocycles. The van der Waals surface area contributed by atoms with E-state index in [1.54, 1.807) is 20.8 Å². The van der Waals surface area contributed by atoms with Crippen LogP contribution in [0.2, 0.25) is 0 Å². The van der Waals surface area contributed by atoms with E-state index in [0.717, 1.165) is 16.7 Å². The van der Waals surface area contributed by atoms with E-state index in [1.165, 1.54) is 7.11 Å². The van der Waals surface area contributed by atoms with Crippen LogP contribution in [0.4, 0.5) is 4.79 Å². The molecule has 0 fully saturated rings. The van der Waals surface area contributed by atoms with E-state index in [0.29, 0.717) is 6.42 Å². The summed E-state index contributed by atoms with van der Waals surface area (Å²) in [7, 11) is 1.27. The second kappa shape index (κ2) is 19.6. The number of esters is 1. The number of carbonyl (C=O) groups excluding carboxylic acids is 4. The lowest BCUT2D eigenvalue weighted by molar-refractivity contribution is -0.145. The van der Waals surface area contributed by atoms with Crippen LogP contribution in [0.15, 0.2) is 91.0 Å². The Morgan fingerprint density at radius 2 is 1.25 bits per heavy atom. The van der Waals surface area contributed by atoms with E-state index in [4.69, 9.17) is 9.47 Å². The predicted octanol–water partition coefficient (Wildman–Crippen LogP) is 4.46. The molecule has 0 heterocycles. The summed E-state index contributed by atoms with van der Waals surface area (Å²) in [5.74, 6) is -1.78. The van der Waals surface area contributed by atoms with Crippen LogP contribution in [0.5, 0.6) is 0 Å². The SMILES string of the molecule is CC[C@@H](C)[C@@H](NC(=O)[C@@H](Cc1ccccc1)NCC[C@@](O)(Cc1ccccc1)NC(=O)OC(C)(C)C)C(=O)N[C@H](Cc1ccccc1)C(=O)OC. The quantitative estimate of drug-likeness (QED) is 0.0962. The molecule has 0 saturated heterocycles. The topological polar surface area (TPSA) is 155 Å². The molecule has 0 spiro atoms. The second-order valence-corrected chi connectivity index (χ2v) is 13.9. The first-order valence-electron chi connectivity index (χ1n) is 17.5. The first kappa shape index (κ1) is 40.7. The standard InChI is InChI=1S/C40H54N4O7/c1-7-28(2)34(36(46)42-33(37(47)50-6)26-30-19-13-9-14-20-30)43-35(45)32(25-29-17-11-8-12-18-29)41-24-23-40(49,27-31-21-15-10-16-22-31)44-38(48)51-39(3,4)5/h8-22,28,32-34,41,49H,7,23-27H2,1-6H3,(H,42,46)(H,43,45)(H,44,48)/t28-,32-,33-,34-,40-/m1/s1. The number of benzene rings is 3. The molecule has 0 aromatic heterocycles. The molecule has 11 nitrogen and oxygen atoms in total. The average Bonchev–Trinajstić information content (AvgIpc) is 3.09. The van der Waals surface area contributed by atoms with Gasteiger partial charge in [-0.3, -0.25) is 14.9 Å². The second-order valence-electron chi connectivity index (χ2n) is 13.9. The van der Waals surface area contributed by atoms with Crippen LogP contribution < -0.4 is 21.3 Å². The number of carbonyl (C=O) groups is 4. The highest BCUT2D eigenvalue weighted by Gasteiger charge is 2.34. The molecule has 11 heteroatoms. The zero-order valence-corrected chi connectivity index (χ0v) is 30.6. The van der Waals surface area contributed by atoms with Crippen molar-refractivity contribution in [3.05, 3.63) is 108 Å². The minimum atomic E-state index is -1.70.